The predicted octanol–water partition coefficient (Wildman–Crippen LogP) is 1.21. The molecule has 0 aromatic carbocycles. The summed E-state index contributed by atoms with van der Waals surface area (Å²) in [5.74, 6) is 0.834. The Kier molecular flexibility index (Phi) is 5.02. The number of nitrogens with zero attached hydrogens (tertiary/aromatic N) is 3. The Balaban J connectivity index is 2.10. The molecular formula is C13H26ClN3O2S. The van der Waals surface area contributed by atoms with Crippen LogP contribution in [0.3, 0.4) is 0 Å². The van der Waals surface area contributed by atoms with E-state index in [9.17, 15) is 8.42 Å². The molecule has 2 saturated heterocycles. The molecular weight excluding hydrogens is 298 g/mol. The topological polar surface area (TPSA) is 43.9 Å². The molecule has 2 rings (SSSR count). The van der Waals surface area contributed by atoms with Gasteiger partial charge in [-0.15, -0.1) is 11.6 Å². The van der Waals surface area contributed by atoms with Crippen LogP contribution in [-0.4, -0.2) is 73.1 Å². The largest absolute Gasteiger partial charge is 0.299 e. The van der Waals surface area contributed by atoms with Crippen molar-refractivity contribution < 1.29 is 8.42 Å². The highest BCUT2D eigenvalue weighted by Crippen LogP contribution is 2.26. The van der Waals surface area contributed by atoms with Crippen LogP contribution in [0.15, 0.2) is 0 Å². The van der Waals surface area contributed by atoms with Gasteiger partial charge in [0.15, 0.2) is 0 Å². The maximum Gasteiger partial charge on any atom is 0.282 e. The van der Waals surface area contributed by atoms with Gasteiger partial charge in [0.1, 0.15) is 0 Å². The van der Waals surface area contributed by atoms with Crippen molar-refractivity contribution >= 4 is 21.8 Å². The van der Waals surface area contributed by atoms with Gasteiger partial charge in [0.05, 0.1) is 0 Å². The van der Waals surface area contributed by atoms with E-state index in [-0.39, 0.29) is 5.54 Å². The Morgan fingerprint density at radius 2 is 1.90 bits per heavy atom. The van der Waals surface area contributed by atoms with Gasteiger partial charge in [0.25, 0.3) is 10.2 Å². The van der Waals surface area contributed by atoms with Crippen LogP contribution < -0.4 is 0 Å². The first-order valence-electron chi connectivity index (χ1n) is 7.30. The molecule has 0 bridgehead atoms. The molecule has 0 spiro atoms. The van der Waals surface area contributed by atoms with Crippen molar-refractivity contribution in [3.05, 3.63) is 0 Å². The summed E-state index contributed by atoms with van der Waals surface area (Å²) in [5, 5.41) is 0. The van der Waals surface area contributed by atoms with Crippen LogP contribution in [0.2, 0.25) is 0 Å². The molecule has 0 saturated carbocycles. The Morgan fingerprint density at radius 1 is 1.20 bits per heavy atom. The molecule has 7 heteroatoms. The van der Waals surface area contributed by atoms with E-state index < -0.39 is 10.2 Å². The van der Waals surface area contributed by atoms with Gasteiger partial charge in [-0.25, -0.2) is 0 Å². The number of halogens is 1. The molecule has 5 nitrogen and oxygen atoms in total. The molecule has 0 aromatic heterocycles. The van der Waals surface area contributed by atoms with E-state index in [4.69, 9.17) is 11.6 Å². The van der Waals surface area contributed by atoms with E-state index in [1.54, 1.807) is 8.61 Å². The Labute approximate surface area is 128 Å². The molecule has 2 heterocycles. The molecule has 2 fully saturated rings. The van der Waals surface area contributed by atoms with E-state index in [1.807, 2.05) is 7.05 Å². The van der Waals surface area contributed by atoms with E-state index in [0.29, 0.717) is 38.0 Å². The monoisotopic (exact) mass is 323 g/mol. The number of likely N-dealkylation sites (N-methyl/N-ethyl adjacent to an activating group) is 1. The number of piperazine rings is 1. The summed E-state index contributed by atoms with van der Waals surface area (Å²) in [6.45, 7) is 7.27. The number of alkyl halides is 1. The highest BCUT2D eigenvalue weighted by atomic mass is 35.5. The summed E-state index contributed by atoms with van der Waals surface area (Å²) in [7, 11) is -1.29. The normalized spacial score (nSPS) is 30.5. The molecule has 0 aliphatic carbocycles. The lowest BCUT2D eigenvalue weighted by Gasteiger charge is -2.46. The first-order chi connectivity index (χ1) is 9.27. The second-order valence-corrected chi connectivity index (χ2v) is 8.83. The maximum absolute atomic E-state index is 12.8. The fourth-order valence-corrected chi connectivity index (χ4v) is 5.05. The van der Waals surface area contributed by atoms with E-state index in [1.165, 1.54) is 0 Å². The van der Waals surface area contributed by atoms with Crippen molar-refractivity contribution in [3.63, 3.8) is 0 Å². The summed E-state index contributed by atoms with van der Waals surface area (Å²) < 4.78 is 28.8. The smallest absolute Gasteiger partial charge is 0.282 e. The average molecular weight is 324 g/mol. The van der Waals surface area contributed by atoms with Crippen molar-refractivity contribution in [2.45, 2.75) is 32.2 Å². The first kappa shape index (κ1) is 16.5. The number of hydrogen-bond acceptors (Lipinski definition) is 3. The van der Waals surface area contributed by atoms with Crippen molar-refractivity contribution in [3.8, 4) is 0 Å². The summed E-state index contributed by atoms with van der Waals surface area (Å²) >= 11 is 5.90. The highest BCUT2D eigenvalue weighted by Gasteiger charge is 2.40. The number of piperidine rings is 1. The fourth-order valence-electron chi connectivity index (χ4n) is 2.92. The first-order valence-corrected chi connectivity index (χ1v) is 9.23. The van der Waals surface area contributed by atoms with Gasteiger partial charge < -0.3 is 0 Å². The summed E-state index contributed by atoms with van der Waals surface area (Å²) in [6, 6.07) is 0. The van der Waals surface area contributed by atoms with E-state index in [2.05, 4.69) is 18.7 Å². The van der Waals surface area contributed by atoms with Gasteiger partial charge in [0, 0.05) is 44.1 Å². The van der Waals surface area contributed by atoms with Crippen molar-refractivity contribution in [2.75, 3.05) is 45.7 Å². The molecule has 2 aliphatic heterocycles. The van der Waals surface area contributed by atoms with Crippen molar-refractivity contribution in [2.24, 2.45) is 5.92 Å². The number of rotatable bonds is 3. The molecule has 0 amide bonds. The predicted molar refractivity (Wildman–Crippen MR) is 82.2 cm³/mol. The van der Waals surface area contributed by atoms with Gasteiger partial charge >= 0.3 is 0 Å². The Bertz CT molecular complexity index is 441. The molecule has 0 N–H and O–H groups in total. The van der Waals surface area contributed by atoms with Crippen LogP contribution in [0.4, 0.5) is 0 Å². The number of hydrogen-bond donors (Lipinski definition) is 0. The third kappa shape index (κ3) is 3.30. The van der Waals surface area contributed by atoms with Crippen LogP contribution in [-0.2, 0) is 10.2 Å². The highest BCUT2D eigenvalue weighted by molar-refractivity contribution is 7.86. The fraction of sp³-hybridized carbons (Fsp3) is 1.00. The second kappa shape index (κ2) is 6.08. The average Bonchev–Trinajstić information content (AvgIpc) is 2.41. The van der Waals surface area contributed by atoms with Crippen LogP contribution in [0, 0.1) is 5.92 Å². The zero-order chi connectivity index (χ0) is 15.0. The standard InChI is InChI=1S/C13H26ClN3O2S/c1-13(2)11-17(8-7-15(13)3)20(18,19)16-6-4-5-12(9-14)10-16/h12H,4-11H2,1-3H3. The van der Waals surface area contributed by atoms with Gasteiger partial charge in [-0.1, -0.05) is 0 Å². The van der Waals surface area contributed by atoms with E-state index >= 15 is 0 Å². The molecule has 1 atom stereocenters. The van der Waals surface area contributed by atoms with Crippen LogP contribution in [0.25, 0.3) is 0 Å². The molecule has 2 aliphatic rings. The quantitative estimate of drug-likeness (QED) is 0.733. The van der Waals surface area contributed by atoms with E-state index in [0.717, 1.165) is 19.4 Å². The SMILES string of the molecule is CN1CCN(S(=O)(=O)N2CCCC(CCl)C2)CC1(C)C. The minimum atomic E-state index is -3.34. The minimum Gasteiger partial charge on any atom is -0.299 e. The van der Waals surface area contributed by atoms with Crippen LogP contribution >= 0.6 is 11.6 Å². The third-order valence-corrected chi connectivity index (χ3v) is 7.02. The summed E-state index contributed by atoms with van der Waals surface area (Å²) in [5.41, 5.74) is -0.118. The molecule has 1 unspecified atom stereocenters. The zero-order valence-corrected chi connectivity index (χ0v) is 14.3. The van der Waals surface area contributed by atoms with Crippen LogP contribution in [0.1, 0.15) is 26.7 Å². The van der Waals surface area contributed by atoms with Gasteiger partial charge in [0.2, 0.25) is 0 Å². The van der Waals surface area contributed by atoms with Gasteiger partial charge in [-0.3, -0.25) is 4.90 Å². The summed E-state index contributed by atoms with van der Waals surface area (Å²) in [6.07, 6.45) is 1.94. The molecule has 118 valence electrons. The molecule has 20 heavy (non-hydrogen) atoms. The molecule has 0 radical (unpaired) electrons. The maximum atomic E-state index is 12.8. The Morgan fingerprint density at radius 3 is 2.50 bits per heavy atom. The van der Waals surface area contributed by atoms with Gasteiger partial charge in [-0.2, -0.15) is 17.0 Å². The lowest BCUT2D eigenvalue weighted by molar-refractivity contribution is 0.0756. The van der Waals surface area contributed by atoms with Gasteiger partial charge in [-0.05, 0) is 39.7 Å². The van der Waals surface area contributed by atoms with Crippen molar-refractivity contribution in [1.29, 1.82) is 0 Å². The zero-order valence-electron chi connectivity index (χ0n) is 12.7. The molecule has 0 aromatic rings. The Hall–Kier alpha value is 0.120. The third-order valence-electron chi connectivity index (χ3n) is 4.63. The lowest BCUT2D eigenvalue weighted by atomic mass is 10.0. The van der Waals surface area contributed by atoms with Crippen LogP contribution in [0.5, 0.6) is 0 Å². The lowest BCUT2D eigenvalue weighted by Crippen LogP contribution is -2.61. The minimum absolute atomic E-state index is 0.118. The second-order valence-electron chi connectivity index (χ2n) is 6.60. The summed E-state index contributed by atoms with van der Waals surface area (Å²) in [4.78, 5) is 2.22. The van der Waals surface area contributed by atoms with Crippen molar-refractivity contribution in [1.82, 2.24) is 13.5 Å².